The average molecular weight is 312 g/mol. The van der Waals surface area contributed by atoms with Crippen LogP contribution in [0.1, 0.15) is 37.5 Å². The molecule has 1 N–H and O–H groups in total. The topological polar surface area (TPSA) is 46.5 Å². The molecule has 0 saturated heterocycles. The van der Waals surface area contributed by atoms with Crippen molar-refractivity contribution in [1.29, 1.82) is 0 Å². The summed E-state index contributed by atoms with van der Waals surface area (Å²) in [6.07, 6.45) is -0.560. The van der Waals surface area contributed by atoms with Gasteiger partial charge in [-0.3, -0.25) is 0 Å². The Morgan fingerprint density at radius 3 is 2.26 bits per heavy atom. The molecule has 2 rings (SSSR count). The van der Waals surface area contributed by atoms with Gasteiger partial charge < -0.3 is 9.84 Å². The second kappa shape index (κ2) is 6.86. The number of para-hydroxylation sites is 1. The maximum absolute atomic E-state index is 11.6. The number of hydrogen-bond acceptors (Lipinski definition) is 2. The van der Waals surface area contributed by atoms with E-state index in [1.165, 1.54) is 0 Å². The fourth-order valence-electron chi connectivity index (χ4n) is 2.46. The van der Waals surface area contributed by atoms with E-state index in [9.17, 15) is 9.90 Å². The van der Waals surface area contributed by atoms with E-state index in [2.05, 4.69) is 20.8 Å². The highest BCUT2D eigenvalue weighted by molar-refractivity contribution is 5.73. The number of rotatable bonds is 5. The van der Waals surface area contributed by atoms with E-state index in [4.69, 9.17) is 4.74 Å². The van der Waals surface area contributed by atoms with Gasteiger partial charge in [-0.15, -0.1) is 0 Å². The Balaban J connectivity index is 2.24. The molecule has 0 heterocycles. The molecule has 122 valence electrons. The molecule has 0 saturated carbocycles. The molecule has 0 aromatic heterocycles. The van der Waals surface area contributed by atoms with Crippen LogP contribution >= 0.6 is 0 Å². The SMILES string of the molecule is Cc1ccc(CC(Oc2ccccc2C(C)(C)C)C(=O)O)cc1. The fourth-order valence-corrected chi connectivity index (χ4v) is 2.46. The lowest BCUT2D eigenvalue weighted by Gasteiger charge is -2.24. The summed E-state index contributed by atoms with van der Waals surface area (Å²) < 4.78 is 5.87. The monoisotopic (exact) mass is 312 g/mol. The van der Waals surface area contributed by atoms with Crippen LogP contribution in [-0.4, -0.2) is 17.2 Å². The summed E-state index contributed by atoms with van der Waals surface area (Å²) in [4.78, 5) is 11.6. The summed E-state index contributed by atoms with van der Waals surface area (Å²) in [7, 11) is 0. The van der Waals surface area contributed by atoms with Gasteiger partial charge in [-0.25, -0.2) is 4.79 Å². The van der Waals surface area contributed by atoms with Gasteiger partial charge in [0.15, 0.2) is 6.10 Å². The number of carboxylic acids is 1. The standard InChI is InChI=1S/C20H24O3/c1-14-9-11-15(12-10-14)13-18(19(21)22)23-17-8-6-5-7-16(17)20(2,3)4/h5-12,18H,13H2,1-4H3,(H,21,22). The molecule has 0 bridgehead atoms. The Bertz CT molecular complexity index is 666. The first-order chi connectivity index (χ1) is 10.8. The number of hydrogen-bond donors (Lipinski definition) is 1. The van der Waals surface area contributed by atoms with Gasteiger partial charge >= 0.3 is 5.97 Å². The Labute approximate surface area is 137 Å². The molecule has 1 atom stereocenters. The third kappa shape index (κ3) is 4.59. The molecule has 23 heavy (non-hydrogen) atoms. The van der Waals surface area contributed by atoms with E-state index < -0.39 is 12.1 Å². The van der Waals surface area contributed by atoms with Crippen molar-refractivity contribution in [3.63, 3.8) is 0 Å². The smallest absolute Gasteiger partial charge is 0.345 e. The molecular formula is C20H24O3. The van der Waals surface area contributed by atoms with E-state index in [1.54, 1.807) is 0 Å². The van der Waals surface area contributed by atoms with Gasteiger partial charge in [0.1, 0.15) is 5.75 Å². The first-order valence-corrected chi connectivity index (χ1v) is 7.82. The quantitative estimate of drug-likeness (QED) is 0.892. The van der Waals surface area contributed by atoms with E-state index in [1.807, 2.05) is 55.5 Å². The van der Waals surface area contributed by atoms with Crippen molar-refractivity contribution in [3.05, 3.63) is 65.2 Å². The second-order valence-electron chi connectivity index (χ2n) is 6.88. The van der Waals surface area contributed by atoms with Crippen LogP contribution in [0, 0.1) is 6.92 Å². The van der Waals surface area contributed by atoms with Crippen molar-refractivity contribution >= 4 is 5.97 Å². The van der Waals surface area contributed by atoms with E-state index in [-0.39, 0.29) is 5.41 Å². The van der Waals surface area contributed by atoms with Crippen LogP contribution in [0.5, 0.6) is 5.75 Å². The van der Waals surface area contributed by atoms with Crippen LogP contribution in [0.4, 0.5) is 0 Å². The van der Waals surface area contributed by atoms with Crippen LogP contribution < -0.4 is 4.74 Å². The highest BCUT2D eigenvalue weighted by Crippen LogP contribution is 2.31. The van der Waals surface area contributed by atoms with Crippen LogP contribution in [0.2, 0.25) is 0 Å². The minimum Gasteiger partial charge on any atom is -0.478 e. The van der Waals surface area contributed by atoms with E-state index >= 15 is 0 Å². The summed E-state index contributed by atoms with van der Waals surface area (Å²) in [5.74, 6) is -0.311. The number of aliphatic carboxylic acids is 1. The predicted molar refractivity (Wildman–Crippen MR) is 92.1 cm³/mol. The molecule has 0 fully saturated rings. The molecule has 3 heteroatoms. The summed E-state index contributed by atoms with van der Waals surface area (Å²) in [5, 5.41) is 9.52. The molecule has 0 radical (unpaired) electrons. The van der Waals surface area contributed by atoms with Crippen LogP contribution in [0.3, 0.4) is 0 Å². The van der Waals surface area contributed by atoms with Crippen molar-refractivity contribution in [3.8, 4) is 5.75 Å². The summed E-state index contributed by atoms with van der Waals surface area (Å²) in [6, 6.07) is 15.5. The zero-order valence-corrected chi connectivity index (χ0v) is 14.2. The van der Waals surface area contributed by atoms with Crippen molar-refractivity contribution < 1.29 is 14.6 Å². The van der Waals surface area contributed by atoms with Gasteiger partial charge in [0, 0.05) is 6.42 Å². The minimum absolute atomic E-state index is 0.108. The Morgan fingerprint density at radius 2 is 1.70 bits per heavy atom. The molecule has 0 aliphatic heterocycles. The fraction of sp³-hybridized carbons (Fsp3) is 0.350. The third-order valence-electron chi connectivity index (χ3n) is 3.78. The highest BCUT2D eigenvalue weighted by Gasteiger charge is 2.24. The van der Waals surface area contributed by atoms with E-state index in [0.29, 0.717) is 12.2 Å². The molecule has 3 nitrogen and oxygen atoms in total. The highest BCUT2D eigenvalue weighted by atomic mass is 16.5. The van der Waals surface area contributed by atoms with Gasteiger partial charge in [0.05, 0.1) is 0 Å². The maximum Gasteiger partial charge on any atom is 0.345 e. The van der Waals surface area contributed by atoms with Crippen molar-refractivity contribution in [2.24, 2.45) is 0 Å². The zero-order valence-electron chi connectivity index (χ0n) is 14.2. The molecule has 0 aliphatic carbocycles. The normalized spacial score (nSPS) is 12.7. The van der Waals surface area contributed by atoms with Gasteiger partial charge in [-0.2, -0.15) is 0 Å². The molecule has 1 unspecified atom stereocenters. The lowest BCUT2D eigenvalue weighted by atomic mass is 9.86. The molecule has 0 aliphatic rings. The van der Waals surface area contributed by atoms with Gasteiger partial charge in [0.2, 0.25) is 0 Å². The molecule has 0 amide bonds. The first-order valence-electron chi connectivity index (χ1n) is 7.82. The Hall–Kier alpha value is -2.29. The number of carbonyl (C=O) groups is 1. The van der Waals surface area contributed by atoms with Crippen molar-refractivity contribution in [1.82, 2.24) is 0 Å². The van der Waals surface area contributed by atoms with Crippen LogP contribution in [0.25, 0.3) is 0 Å². The van der Waals surface area contributed by atoms with Crippen molar-refractivity contribution in [2.75, 3.05) is 0 Å². The lowest BCUT2D eigenvalue weighted by molar-refractivity contribution is -0.145. The zero-order chi connectivity index (χ0) is 17.0. The lowest BCUT2D eigenvalue weighted by Crippen LogP contribution is -2.30. The summed E-state index contributed by atoms with van der Waals surface area (Å²) >= 11 is 0. The first kappa shape index (κ1) is 17.1. The van der Waals surface area contributed by atoms with E-state index in [0.717, 1.165) is 16.7 Å². The number of aryl methyl sites for hydroxylation is 1. The number of ether oxygens (including phenoxy) is 1. The summed E-state index contributed by atoms with van der Waals surface area (Å²) in [5.41, 5.74) is 3.01. The molecule has 2 aromatic carbocycles. The predicted octanol–water partition coefficient (Wildman–Crippen LogP) is 4.37. The maximum atomic E-state index is 11.6. The Kier molecular flexibility index (Phi) is 5.09. The molecule has 0 spiro atoms. The van der Waals surface area contributed by atoms with Crippen molar-refractivity contribution in [2.45, 2.75) is 45.6 Å². The molecular weight excluding hydrogens is 288 g/mol. The average Bonchev–Trinajstić information content (AvgIpc) is 2.48. The largest absolute Gasteiger partial charge is 0.478 e. The number of benzene rings is 2. The van der Waals surface area contributed by atoms with Gasteiger partial charge in [-0.1, -0.05) is 68.8 Å². The van der Waals surface area contributed by atoms with Gasteiger partial charge in [0.25, 0.3) is 0 Å². The molecule has 2 aromatic rings. The third-order valence-corrected chi connectivity index (χ3v) is 3.78. The Morgan fingerprint density at radius 1 is 1.09 bits per heavy atom. The van der Waals surface area contributed by atoms with Gasteiger partial charge in [-0.05, 0) is 29.5 Å². The van der Waals surface area contributed by atoms with Crippen LogP contribution in [-0.2, 0) is 16.6 Å². The van der Waals surface area contributed by atoms with Crippen LogP contribution in [0.15, 0.2) is 48.5 Å². The minimum atomic E-state index is -0.950. The second-order valence-corrected chi connectivity index (χ2v) is 6.88. The number of carboxylic acid groups (broad SMARTS) is 1. The summed E-state index contributed by atoms with van der Waals surface area (Å²) in [6.45, 7) is 8.27.